The lowest BCUT2D eigenvalue weighted by Crippen LogP contribution is -2.29. The molecule has 1 aliphatic rings. The third-order valence-corrected chi connectivity index (χ3v) is 3.17. The Labute approximate surface area is 92.1 Å². The van der Waals surface area contributed by atoms with Crippen molar-refractivity contribution in [3.05, 3.63) is 29.6 Å². The summed E-state index contributed by atoms with van der Waals surface area (Å²) in [5.41, 5.74) is 2.38. The van der Waals surface area contributed by atoms with Gasteiger partial charge in [-0.15, -0.1) is 0 Å². The number of rotatable bonds is 5. The van der Waals surface area contributed by atoms with Gasteiger partial charge in [-0.05, 0) is 43.7 Å². The molecule has 0 amide bonds. The summed E-state index contributed by atoms with van der Waals surface area (Å²) in [4.78, 5) is 4.30. The highest BCUT2D eigenvalue weighted by molar-refractivity contribution is 5.13. The van der Waals surface area contributed by atoms with E-state index < -0.39 is 0 Å². The monoisotopic (exact) mass is 204 g/mol. The largest absolute Gasteiger partial charge is 0.310 e. The summed E-state index contributed by atoms with van der Waals surface area (Å²) >= 11 is 0. The molecule has 2 rings (SSSR count). The minimum absolute atomic E-state index is 0.714. The van der Waals surface area contributed by atoms with Crippen LogP contribution < -0.4 is 5.32 Å². The molecule has 15 heavy (non-hydrogen) atoms. The molecule has 1 N–H and O–H groups in total. The molecule has 0 saturated heterocycles. The Morgan fingerprint density at radius 3 is 2.80 bits per heavy atom. The molecule has 1 atom stereocenters. The maximum Gasteiger partial charge on any atom is 0.0372 e. The van der Waals surface area contributed by atoms with Crippen LogP contribution in [0.4, 0.5) is 0 Å². The van der Waals surface area contributed by atoms with E-state index in [2.05, 4.69) is 29.4 Å². The summed E-state index contributed by atoms with van der Waals surface area (Å²) in [6, 6.07) is 4.95. The lowest BCUT2D eigenvalue weighted by molar-refractivity contribution is 0.449. The predicted octanol–water partition coefficient (Wildman–Crippen LogP) is 2.67. The Bertz CT molecular complexity index is 301. The van der Waals surface area contributed by atoms with Gasteiger partial charge in [-0.25, -0.2) is 0 Å². The number of nitrogens with zero attached hydrogens (tertiary/aromatic N) is 1. The summed E-state index contributed by atoms with van der Waals surface area (Å²) in [6.07, 6.45) is 6.04. The first kappa shape index (κ1) is 10.6. The molecule has 1 heterocycles. The van der Waals surface area contributed by atoms with Crippen molar-refractivity contribution in [2.75, 3.05) is 0 Å². The Morgan fingerprint density at radius 2 is 2.27 bits per heavy atom. The first-order valence-corrected chi connectivity index (χ1v) is 5.94. The fourth-order valence-electron chi connectivity index (χ4n) is 1.99. The molecular formula is C13H20N2. The Hall–Kier alpha value is -0.890. The second kappa shape index (κ2) is 4.75. The first-order valence-electron chi connectivity index (χ1n) is 5.94. The minimum Gasteiger partial charge on any atom is -0.310 e. The zero-order valence-electron chi connectivity index (χ0n) is 9.66. The third kappa shape index (κ3) is 3.03. The van der Waals surface area contributed by atoms with Crippen LogP contribution in [0.15, 0.2) is 18.3 Å². The van der Waals surface area contributed by atoms with Gasteiger partial charge in [-0.1, -0.05) is 13.0 Å². The SMILES string of the molecule is CCC(NCc1ccc(C)nc1)C1CC1. The zero-order valence-corrected chi connectivity index (χ0v) is 9.66. The average Bonchev–Trinajstić information content (AvgIpc) is 3.06. The van der Waals surface area contributed by atoms with Gasteiger partial charge in [0.2, 0.25) is 0 Å². The molecule has 1 unspecified atom stereocenters. The summed E-state index contributed by atoms with van der Waals surface area (Å²) in [5, 5.41) is 3.63. The van der Waals surface area contributed by atoms with E-state index in [9.17, 15) is 0 Å². The summed E-state index contributed by atoms with van der Waals surface area (Å²) in [7, 11) is 0. The van der Waals surface area contributed by atoms with E-state index in [0.29, 0.717) is 6.04 Å². The normalized spacial score (nSPS) is 17.7. The first-order chi connectivity index (χ1) is 7.29. The van der Waals surface area contributed by atoms with Gasteiger partial charge in [0, 0.05) is 24.5 Å². The summed E-state index contributed by atoms with van der Waals surface area (Å²) < 4.78 is 0. The number of aryl methyl sites for hydroxylation is 1. The smallest absolute Gasteiger partial charge is 0.0372 e. The number of pyridine rings is 1. The van der Waals surface area contributed by atoms with Crippen LogP contribution in [0.2, 0.25) is 0 Å². The molecule has 2 heteroatoms. The van der Waals surface area contributed by atoms with E-state index in [0.717, 1.165) is 18.2 Å². The van der Waals surface area contributed by atoms with Crippen molar-refractivity contribution in [3.63, 3.8) is 0 Å². The molecule has 0 aliphatic heterocycles. The minimum atomic E-state index is 0.714. The van der Waals surface area contributed by atoms with Gasteiger partial charge in [-0.3, -0.25) is 4.98 Å². The molecule has 0 aromatic carbocycles. The highest BCUT2D eigenvalue weighted by Crippen LogP contribution is 2.33. The fourth-order valence-corrected chi connectivity index (χ4v) is 1.99. The van der Waals surface area contributed by atoms with Crippen LogP contribution in [0.1, 0.15) is 37.4 Å². The van der Waals surface area contributed by atoms with Gasteiger partial charge in [-0.2, -0.15) is 0 Å². The molecule has 1 aromatic heterocycles. The summed E-state index contributed by atoms with van der Waals surface area (Å²) in [5.74, 6) is 0.938. The molecular weight excluding hydrogens is 184 g/mol. The van der Waals surface area contributed by atoms with Crippen molar-refractivity contribution >= 4 is 0 Å². The highest BCUT2D eigenvalue weighted by Gasteiger charge is 2.29. The van der Waals surface area contributed by atoms with E-state index in [1.54, 1.807) is 0 Å². The van der Waals surface area contributed by atoms with Crippen molar-refractivity contribution in [3.8, 4) is 0 Å². The molecule has 1 saturated carbocycles. The maximum absolute atomic E-state index is 4.30. The Morgan fingerprint density at radius 1 is 1.47 bits per heavy atom. The average molecular weight is 204 g/mol. The number of hydrogen-bond acceptors (Lipinski definition) is 2. The molecule has 0 bridgehead atoms. The van der Waals surface area contributed by atoms with Gasteiger partial charge in [0.05, 0.1) is 0 Å². The lowest BCUT2D eigenvalue weighted by atomic mass is 10.1. The van der Waals surface area contributed by atoms with Gasteiger partial charge in [0.1, 0.15) is 0 Å². The number of aromatic nitrogens is 1. The maximum atomic E-state index is 4.30. The van der Waals surface area contributed by atoms with Gasteiger partial charge >= 0.3 is 0 Å². The number of hydrogen-bond donors (Lipinski definition) is 1. The summed E-state index contributed by atoms with van der Waals surface area (Å²) in [6.45, 7) is 5.25. The molecule has 82 valence electrons. The standard InChI is InChI=1S/C13H20N2/c1-3-13(12-6-7-12)15-9-11-5-4-10(2)14-8-11/h4-5,8,12-13,15H,3,6-7,9H2,1-2H3. The second-order valence-corrected chi connectivity index (χ2v) is 4.54. The van der Waals surface area contributed by atoms with Crippen molar-refractivity contribution < 1.29 is 0 Å². The van der Waals surface area contributed by atoms with Crippen LogP contribution in [0, 0.1) is 12.8 Å². The van der Waals surface area contributed by atoms with Crippen LogP contribution in [-0.2, 0) is 6.54 Å². The van der Waals surface area contributed by atoms with Crippen molar-refractivity contribution in [2.45, 2.75) is 45.7 Å². The number of nitrogens with one attached hydrogen (secondary N) is 1. The van der Waals surface area contributed by atoms with Crippen molar-refractivity contribution in [2.24, 2.45) is 5.92 Å². The van der Waals surface area contributed by atoms with Crippen LogP contribution in [0.5, 0.6) is 0 Å². The van der Waals surface area contributed by atoms with E-state index >= 15 is 0 Å². The molecule has 2 nitrogen and oxygen atoms in total. The van der Waals surface area contributed by atoms with Crippen LogP contribution in [0.25, 0.3) is 0 Å². The second-order valence-electron chi connectivity index (χ2n) is 4.54. The molecule has 1 fully saturated rings. The van der Waals surface area contributed by atoms with Crippen molar-refractivity contribution in [1.82, 2.24) is 10.3 Å². The molecule has 0 spiro atoms. The molecule has 1 aromatic rings. The predicted molar refractivity (Wildman–Crippen MR) is 62.6 cm³/mol. The Balaban J connectivity index is 1.83. The fraction of sp³-hybridized carbons (Fsp3) is 0.615. The van der Waals surface area contributed by atoms with E-state index in [-0.39, 0.29) is 0 Å². The van der Waals surface area contributed by atoms with Crippen molar-refractivity contribution in [1.29, 1.82) is 0 Å². The molecule has 1 aliphatic carbocycles. The van der Waals surface area contributed by atoms with Gasteiger partial charge < -0.3 is 5.32 Å². The third-order valence-electron chi connectivity index (χ3n) is 3.17. The van der Waals surface area contributed by atoms with E-state index in [1.165, 1.54) is 24.8 Å². The van der Waals surface area contributed by atoms with Gasteiger partial charge in [0.25, 0.3) is 0 Å². The Kier molecular flexibility index (Phi) is 3.37. The molecule has 0 radical (unpaired) electrons. The van der Waals surface area contributed by atoms with E-state index in [4.69, 9.17) is 0 Å². The topological polar surface area (TPSA) is 24.9 Å². The zero-order chi connectivity index (χ0) is 10.7. The van der Waals surface area contributed by atoms with Crippen LogP contribution in [0.3, 0.4) is 0 Å². The lowest BCUT2D eigenvalue weighted by Gasteiger charge is -2.15. The highest BCUT2D eigenvalue weighted by atomic mass is 14.9. The van der Waals surface area contributed by atoms with Crippen LogP contribution >= 0.6 is 0 Å². The van der Waals surface area contributed by atoms with Gasteiger partial charge in [0.15, 0.2) is 0 Å². The quantitative estimate of drug-likeness (QED) is 0.797. The van der Waals surface area contributed by atoms with Crippen LogP contribution in [-0.4, -0.2) is 11.0 Å². The van der Waals surface area contributed by atoms with E-state index in [1.807, 2.05) is 13.1 Å².